The first-order chi connectivity index (χ1) is 27.3. The third-order valence-corrected chi connectivity index (χ3v) is 12.0. The molecule has 2 nitrogen and oxygen atoms in total. The summed E-state index contributed by atoms with van der Waals surface area (Å²) in [6.45, 7) is 0. The van der Waals surface area contributed by atoms with Gasteiger partial charge in [-0.15, -0.1) is 11.3 Å². The monoisotopic (exact) mass is 719 g/mol. The Morgan fingerprint density at radius 1 is 0.382 bits per heavy atom. The SMILES string of the molecule is c1ccc(N(c2ccc(-c3cccc4c3oc3ccccc34)cc2)c2ccccc2-c2cccc3sc4ccccc4c23)c(-c2ccc3ccccc3c2)c1. The van der Waals surface area contributed by atoms with Gasteiger partial charge in [0.05, 0.1) is 11.4 Å². The highest BCUT2D eigenvalue weighted by atomic mass is 32.1. The molecule has 0 bridgehead atoms. The van der Waals surface area contributed by atoms with Crippen LogP contribution in [0, 0.1) is 0 Å². The Kier molecular flexibility index (Phi) is 7.39. The number of para-hydroxylation sites is 4. The van der Waals surface area contributed by atoms with Gasteiger partial charge in [0.1, 0.15) is 11.2 Å². The lowest BCUT2D eigenvalue weighted by atomic mass is 9.95. The highest BCUT2D eigenvalue weighted by Crippen LogP contribution is 2.48. The number of furan rings is 1. The molecule has 0 saturated heterocycles. The molecule has 11 rings (SSSR count). The molecule has 2 aromatic heterocycles. The van der Waals surface area contributed by atoms with Crippen LogP contribution in [0.25, 0.3) is 86.3 Å². The highest BCUT2D eigenvalue weighted by molar-refractivity contribution is 7.25. The minimum Gasteiger partial charge on any atom is -0.455 e. The molecule has 0 aliphatic heterocycles. The van der Waals surface area contributed by atoms with Crippen LogP contribution < -0.4 is 4.90 Å². The molecule has 11 aromatic rings. The van der Waals surface area contributed by atoms with E-state index in [0.717, 1.165) is 50.1 Å². The van der Waals surface area contributed by atoms with Gasteiger partial charge in [0, 0.05) is 53.3 Å². The molecule has 0 atom stereocenters. The molecular weight excluding hydrogens is 687 g/mol. The van der Waals surface area contributed by atoms with E-state index in [2.05, 4.69) is 193 Å². The molecule has 0 saturated carbocycles. The van der Waals surface area contributed by atoms with Gasteiger partial charge in [0.15, 0.2) is 0 Å². The van der Waals surface area contributed by atoms with Crippen molar-refractivity contribution in [3.05, 3.63) is 200 Å². The number of fused-ring (bicyclic) bond motifs is 7. The summed E-state index contributed by atoms with van der Waals surface area (Å²) in [5, 5.41) is 7.32. The number of anilines is 3. The number of rotatable bonds is 6. The molecule has 258 valence electrons. The van der Waals surface area contributed by atoms with Gasteiger partial charge in [-0.3, -0.25) is 0 Å². The largest absolute Gasteiger partial charge is 0.455 e. The number of thiophene rings is 1. The maximum atomic E-state index is 6.46. The Balaban J connectivity index is 1.13. The molecule has 0 aliphatic rings. The van der Waals surface area contributed by atoms with Gasteiger partial charge in [-0.1, -0.05) is 152 Å². The van der Waals surface area contributed by atoms with Gasteiger partial charge in [-0.2, -0.15) is 0 Å². The molecule has 0 fully saturated rings. The van der Waals surface area contributed by atoms with Crippen LogP contribution in [0.1, 0.15) is 0 Å². The van der Waals surface area contributed by atoms with Gasteiger partial charge in [0.25, 0.3) is 0 Å². The minimum atomic E-state index is 0.906. The van der Waals surface area contributed by atoms with Gasteiger partial charge in [-0.25, -0.2) is 0 Å². The first-order valence-electron chi connectivity index (χ1n) is 18.7. The van der Waals surface area contributed by atoms with Crippen LogP contribution in [0.2, 0.25) is 0 Å². The van der Waals surface area contributed by atoms with Crippen molar-refractivity contribution in [2.45, 2.75) is 0 Å². The molecule has 2 heterocycles. The van der Waals surface area contributed by atoms with E-state index in [4.69, 9.17) is 4.42 Å². The van der Waals surface area contributed by atoms with Crippen LogP contribution in [-0.4, -0.2) is 0 Å². The Bertz CT molecular complexity index is 3220. The zero-order chi connectivity index (χ0) is 36.3. The summed E-state index contributed by atoms with van der Waals surface area (Å²) in [6, 6.07) is 72.3. The van der Waals surface area contributed by atoms with Crippen LogP contribution in [0.4, 0.5) is 17.1 Å². The van der Waals surface area contributed by atoms with E-state index >= 15 is 0 Å². The third kappa shape index (κ3) is 5.24. The summed E-state index contributed by atoms with van der Waals surface area (Å²) < 4.78 is 9.06. The molecule has 0 unspecified atom stereocenters. The van der Waals surface area contributed by atoms with E-state index in [1.807, 2.05) is 23.5 Å². The van der Waals surface area contributed by atoms with Crippen LogP contribution in [0.15, 0.2) is 205 Å². The van der Waals surface area contributed by atoms with E-state index in [0.29, 0.717) is 0 Å². The van der Waals surface area contributed by atoms with Gasteiger partial charge in [0.2, 0.25) is 0 Å². The fourth-order valence-corrected chi connectivity index (χ4v) is 9.47. The standard InChI is InChI=1S/C52H33NOS/c1-2-14-36-33-37(28-27-34(36)13-1)39-15-3-7-22-46(39)53(38-31-29-35(30-32-38)40-19-11-21-44-42-17-5-9-24-48(42)54-52(40)44)47-23-8-4-16-41(47)43-20-12-26-50-51(43)45-18-6-10-25-49(45)55-50/h1-33H. The van der Waals surface area contributed by atoms with Crippen molar-refractivity contribution in [2.75, 3.05) is 4.90 Å². The number of benzene rings is 9. The second-order valence-electron chi connectivity index (χ2n) is 14.0. The molecule has 0 amide bonds. The highest BCUT2D eigenvalue weighted by Gasteiger charge is 2.22. The maximum absolute atomic E-state index is 6.46. The lowest BCUT2D eigenvalue weighted by Gasteiger charge is -2.30. The molecule has 0 aliphatic carbocycles. The summed E-state index contributed by atoms with van der Waals surface area (Å²) in [7, 11) is 0. The predicted molar refractivity (Wildman–Crippen MR) is 235 cm³/mol. The van der Waals surface area contributed by atoms with Crippen molar-refractivity contribution in [1.82, 2.24) is 0 Å². The van der Waals surface area contributed by atoms with Gasteiger partial charge >= 0.3 is 0 Å². The summed E-state index contributed by atoms with van der Waals surface area (Å²) >= 11 is 1.86. The second kappa shape index (κ2) is 12.9. The second-order valence-corrected chi connectivity index (χ2v) is 15.1. The first kappa shape index (κ1) is 31.6. The smallest absolute Gasteiger partial charge is 0.143 e. The maximum Gasteiger partial charge on any atom is 0.143 e. The van der Waals surface area contributed by atoms with Crippen LogP contribution in [0.3, 0.4) is 0 Å². The molecular formula is C52H33NOS. The summed E-state index contributed by atoms with van der Waals surface area (Å²) in [6.07, 6.45) is 0. The Labute approximate surface area is 322 Å². The van der Waals surface area contributed by atoms with Crippen molar-refractivity contribution in [3.8, 4) is 33.4 Å². The van der Waals surface area contributed by atoms with E-state index in [1.54, 1.807) is 0 Å². The van der Waals surface area contributed by atoms with Crippen molar-refractivity contribution in [1.29, 1.82) is 0 Å². The average molecular weight is 720 g/mol. The van der Waals surface area contributed by atoms with Crippen molar-refractivity contribution in [3.63, 3.8) is 0 Å². The predicted octanol–water partition coefficient (Wildman–Crippen LogP) is 15.6. The van der Waals surface area contributed by atoms with Gasteiger partial charge < -0.3 is 9.32 Å². The zero-order valence-electron chi connectivity index (χ0n) is 29.8. The van der Waals surface area contributed by atoms with Crippen LogP contribution in [0.5, 0.6) is 0 Å². The fraction of sp³-hybridized carbons (Fsp3) is 0. The summed E-state index contributed by atoms with van der Waals surface area (Å²) in [4.78, 5) is 2.44. The van der Waals surface area contributed by atoms with Crippen molar-refractivity contribution >= 4 is 81.3 Å². The zero-order valence-corrected chi connectivity index (χ0v) is 30.6. The molecule has 0 radical (unpaired) electrons. The average Bonchev–Trinajstić information content (AvgIpc) is 3.83. The lowest BCUT2D eigenvalue weighted by Crippen LogP contribution is -2.12. The van der Waals surface area contributed by atoms with Crippen molar-refractivity contribution < 1.29 is 4.42 Å². The summed E-state index contributed by atoms with van der Waals surface area (Å²) in [5.41, 5.74) is 12.1. The Hall–Kier alpha value is -6.94. The van der Waals surface area contributed by atoms with Crippen molar-refractivity contribution in [2.24, 2.45) is 0 Å². The third-order valence-electron chi connectivity index (χ3n) is 10.9. The molecule has 3 heteroatoms. The Morgan fingerprint density at radius 2 is 0.982 bits per heavy atom. The van der Waals surface area contributed by atoms with Gasteiger partial charge in [-0.05, 0) is 76.0 Å². The fourth-order valence-electron chi connectivity index (χ4n) is 8.34. The normalized spacial score (nSPS) is 11.6. The quantitative estimate of drug-likeness (QED) is 0.170. The number of hydrogen-bond donors (Lipinski definition) is 0. The number of nitrogens with zero attached hydrogens (tertiary/aromatic N) is 1. The molecule has 0 spiro atoms. The first-order valence-corrected chi connectivity index (χ1v) is 19.5. The van der Waals surface area contributed by atoms with E-state index in [1.165, 1.54) is 53.2 Å². The molecule has 55 heavy (non-hydrogen) atoms. The minimum absolute atomic E-state index is 0.906. The van der Waals surface area contributed by atoms with E-state index in [9.17, 15) is 0 Å². The Morgan fingerprint density at radius 3 is 1.85 bits per heavy atom. The number of hydrogen-bond acceptors (Lipinski definition) is 3. The van der Waals surface area contributed by atoms with E-state index < -0.39 is 0 Å². The topological polar surface area (TPSA) is 16.4 Å². The molecule has 0 N–H and O–H groups in total. The van der Waals surface area contributed by atoms with E-state index in [-0.39, 0.29) is 0 Å². The van der Waals surface area contributed by atoms with Crippen LogP contribution >= 0.6 is 11.3 Å². The lowest BCUT2D eigenvalue weighted by molar-refractivity contribution is 0.670. The summed E-state index contributed by atoms with van der Waals surface area (Å²) in [5.74, 6) is 0. The molecule has 9 aromatic carbocycles. The van der Waals surface area contributed by atoms with Crippen LogP contribution in [-0.2, 0) is 0 Å².